The first-order valence-corrected chi connectivity index (χ1v) is 8.66. The monoisotopic (exact) mass is 381 g/mol. The van der Waals surface area contributed by atoms with Gasteiger partial charge in [0.25, 0.3) is 5.91 Å². The summed E-state index contributed by atoms with van der Waals surface area (Å²) in [4.78, 5) is 16.7. The van der Waals surface area contributed by atoms with E-state index in [1.54, 1.807) is 36.5 Å². The number of nitrogens with one attached hydrogen (secondary N) is 2. The molecule has 4 rings (SSSR count). The highest BCUT2D eigenvalue weighted by Gasteiger charge is 2.15. The molecular weight excluding hydrogens is 366 g/mol. The fraction of sp³-hybridized carbons (Fsp3) is 0.100. The topological polar surface area (TPSA) is 72.5 Å². The normalized spacial score (nSPS) is 11.9. The number of halogens is 1. The standard InChI is InChI=1S/C20H16ClN3O3/c1-12-2-3-13(21)8-16(12)23-15-6-7-22-17(9-15)20(25)24-14-4-5-18-19(10-14)27-11-26-18/h2-10H,11H2,1H3,(H,22,23)(H,24,25). The minimum atomic E-state index is -0.319. The summed E-state index contributed by atoms with van der Waals surface area (Å²) in [7, 11) is 0. The second-order valence-electron chi connectivity index (χ2n) is 6.04. The summed E-state index contributed by atoms with van der Waals surface area (Å²) >= 11 is 6.06. The molecule has 0 unspecified atom stereocenters. The highest BCUT2D eigenvalue weighted by molar-refractivity contribution is 6.30. The SMILES string of the molecule is Cc1ccc(Cl)cc1Nc1ccnc(C(=O)Nc2ccc3c(c2)OCO3)c1. The predicted molar refractivity (Wildman–Crippen MR) is 104 cm³/mol. The molecule has 1 aliphatic rings. The molecule has 2 heterocycles. The fourth-order valence-electron chi connectivity index (χ4n) is 2.69. The molecule has 0 bridgehead atoms. The number of rotatable bonds is 4. The quantitative estimate of drug-likeness (QED) is 0.681. The molecule has 0 spiro atoms. The molecule has 0 radical (unpaired) electrons. The van der Waals surface area contributed by atoms with Crippen molar-refractivity contribution in [1.82, 2.24) is 4.98 Å². The third-order valence-corrected chi connectivity index (χ3v) is 4.34. The van der Waals surface area contributed by atoms with Gasteiger partial charge in [0.2, 0.25) is 6.79 Å². The lowest BCUT2D eigenvalue weighted by atomic mass is 10.2. The van der Waals surface area contributed by atoms with E-state index in [1.807, 2.05) is 25.1 Å². The molecule has 0 aliphatic carbocycles. The van der Waals surface area contributed by atoms with Crippen molar-refractivity contribution in [2.24, 2.45) is 0 Å². The van der Waals surface area contributed by atoms with Crippen molar-refractivity contribution in [3.05, 3.63) is 71.0 Å². The minimum Gasteiger partial charge on any atom is -0.454 e. The Balaban J connectivity index is 1.51. The summed E-state index contributed by atoms with van der Waals surface area (Å²) in [5.41, 5.74) is 3.55. The van der Waals surface area contributed by atoms with Crippen molar-refractivity contribution in [2.45, 2.75) is 6.92 Å². The Hall–Kier alpha value is -3.25. The third kappa shape index (κ3) is 3.80. The van der Waals surface area contributed by atoms with Gasteiger partial charge in [0.1, 0.15) is 5.69 Å². The van der Waals surface area contributed by atoms with Crippen LogP contribution in [0.25, 0.3) is 0 Å². The van der Waals surface area contributed by atoms with Crippen LogP contribution < -0.4 is 20.1 Å². The number of pyridine rings is 1. The number of aryl methyl sites for hydroxylation is 1. The summed E-state index contributed by atoms with van der Waals surface area (Å²) in [6.45, 7) is 2.16. The molecule has 0 atom stereocenters. The first kappa shape index (κ1) is 17.2. The number of amides is 1. The minimum absolute atomic E-state index is 0.185. The van der Waals surface area contributed by atoms with Gasteiger partial charge in [-0.15, -0.1) is 0 Å². The molecule has 6 nitrogen and oxygen atoms in total. The van der Waals surface area contributed by atoms with Gasteiger partial charge < -0.3 is 20.1 Å². The Morgan fingerprint density at radius 1 is 1.04 bits per heavy atom. The van der Waals surface area contributed by atoms with Crippen LogP contribution in [-0.2, 0) is 0 Å². The predicted octanol–water partition coefficient (Wildman–Crippen LogP) is 4.77. The van der Waals surface area contributed by atoms with Gasteiger partial charge >= 0.3 is 0 Å². The Bertz CT molecular complexity index is 1020. The third-order valence-electron chi connectivity index (χ3n) is 4.10. The zero-order valence-electron chi connectivity index (χ0n) is 14.5. The molecule has 2 N–H and O–H groups in total. The van der Waals surface area contributed by atoms with Gasteiger partial charge in [-0.25, -0.2) is 0 Å². The van der Waals surface area contributed by atoms with Gasteiger partial charge in [0.15, 0.2) is 11.5 Å². The van der Waals surface area contributed by atoms with E-state index in [4.69, 9.17) is 21.1 Å². The molecule has 0 fully saturated rings. The summed E-state index contributed by atoms with van der Waals surface area (Å²) in [6.07, 6.45) is 1.58. The molecule has 0 saturated carbocycles. The number of benzene rings is 2. The summed E-state index contributed by atoms with van der Waals surface area (Å²) in [5, 5.41) is 6.72. The second-order valence-corrected chi connectivity index (χ2v) is 6.47. The van der Waals surface area contributed by atoms with Crippen molar-refractivity contribution in [3.8, 4) is 11.5 Å². The number of fused-ring (bicyclic) bond motifs is 1. The number of carbonyl (C=O) groups is 1. The van der Waals surface area contributed by atoms with Crippen LogP contribution >= 0.6 is 11.6 Å². The van der Waals surface area contributed by atoms with E-state index in [2.05, 4.69) is 15.6 Å². The maximum atomic E-state index is 12.5. The second kappa shape index (κ2) is 7.17. The van der Waals surface area contributed by atoms with Crippen LogP contribution in [0.2, 0.25) is 5.02 Å². The van der Waals surface area contributed by atoms with Gasteiger partial charge in [-0.3, -0.25) is 9.78 Å². The average molecular weight is 382 g/mol. The van der Waals surface area contributed by atoms with Crippen LogP contribution in [0.15, 0.2) is 54.7 Å². The largest absolute Gasteiger partial charge is 0.454 e. The molecule has 2 aromatic carbocycles. The van der Waals surface area contributed by atoms with Crippen LogP contribution in [0.3, 0.4) is 0 Å². The van der Waals surface area contributed by atoms with Gasteiger partial charge in [-0.2, -0.15) is 0 Å². The van der Waals surface area contributed by atoms with Crippen molar-refractivity contribution < 1.29 is 14.3 Å². The van der Waals surface area contributed by atoms with E-state index in [0.717, 1.165) is 16.9 Å². The van der Waals surface area contributed by atoms with Crippen LogP contribution in [0.4, 0.5) is 17.1 Å². The van der Waals surface area contributed by atoms with Crippen molar-refractivity contribution in [1.29, 1.82) is 0 Å². The lowest BCUT2D eigenvalue weighted by Gasteiger charge is -2.11. The number of hydrogen-bond donors (Lipinski definition) is 2. The van der Waals surface area contributed by atoms with E-state index >= 15 is 0 Å². The molecule has 7 heteroatoms. The van der Waals surface area contributed by atoms with Crippen molar-refractivity contribution in [3.63, 3.8) is 0 Å². The number of anilines is 3. The van der Waals surface area contributed by atoms with Crippen LogP contribution in [0.5, 0.6) is 11.5 Å². The lowest BCUT2D eigenvalue weighted by Crippen LogP contribution is -2.13. The van der Waals surface area contributed by atoms with Crippen molar-refractivity contribution >= 4 is 34.6 Å². The van der Waals surface area contributed by atoms with Crippen LogP contribution in [0.1, 0.15) is 16.1 Å². The zero-order valence-corrected chi connectivity index (χ0v) is 15.2. The van der Waals surface area contributed by atoms with Gasteiger partial charge in [-0.1, -0.05) is 17.7 Å². The van der Waals surface area contributed by atoms with E-state index < -0.39 is 0 Å². The maximum Gasteiger partial charge on any atom is 0.274 e. The summed E-state index contributed by atoms with van der Waals surface area (Å²) in [5.74, 6) is 0.946. The van der Waals surface area contributed by atoms with E-state index in [-0.39, 0.29) is 18.4 Å². The Kier molecular flexibility index (Phi) is 4.56. The number of nitrogens with zero attached hydrogens (tertiary/aromatic N) is 1. The first-order valence-electron chi connectivity index (χ1n) is 8.29. The summed E-state index contributed by atoms with van der Waals surface area (Å²) < 4.78 is 10.6. The Morgan fingerprint density at radius 2 is 1.89 bits per heavy atom. The zero-order chi connectivity index (χ0) is 18.8. The Morgan fingerprint density at radius 3 is 2.78 bits per heavy atom. The van der Waals surface area contributed by atoms with Gasteiger partial charge in [-0.05, 0) is 48.9 Å². The van der Waals surface area contributed by atoms with E-state index in [1.165, 1.54) is 0 Å². The summed E-state index contributed by atoms with van der Waals surface area (Å²) in [6, 6.07) is 14.3. The lowest BCUT2D eigenvalue weighted by molar-refractivity contribution is 0.102. The van der Waals surface area contributed by atoms with Crippen LogP contribution in [0, 0.1) is 6.92 Å². The average Bonchev–Trinajstić information content (AvgIpc) is 3.13. The molecule has 136 valence electrons. The highest BCUT2D eigenvalue weighted by atomic mass is 35.5. The molecule has 1 amide bonds. The smallest absolute Gasteiger partial charge is 0.274 e. The molecular formula is C20H16ClN3O3. The van der Waals surface area contributed by atoms with Crippen molar-refractivity contribution in [2.75, 3.05) is 17.4 Å². The van der Waals surface area contributed by atoms with Gasteiger partial charge in [0, 0.05) is 34.3 Å². The number of hydrogen-bond acceptors (Lipinski definition) is 5. The van der Waals surface area contributed by atoms with E-state index in [0.29, 0.717) is 22.2 Å². The highest BCUT2D eigenvalue weighted by Crippen LogP contribution is 2.34. The molecule has 0 saturated heterocycles. The van der Waals surface area contributed by atoms with E-state index in [9.17, 15) is 4.79 Å². The molecule has 1 aliphatic heterocycles. The molecule has 27 heavy (non-hydrogen) atoms. The number of carbonyl (C=O) groups excluding carboxylic acids is 1. The first-order chi connectivity index (χ1) is 13.1. The molecule has 3 aromatic rings. The maximum absolute atomic E-state index is 12.5. The Labute approximate surface area is 161 Å². The molecule has 1 aromatic heterocycles. The fourth-order valence-corrected chi connectivity index (χ4v) is 2.86. The van der Waals surface area contributed by atoms with Gasteiger partial charge in [0.05, 0.1) is 0 Å². The number of ether oxygens (including phenoxy) is 2. The van der Waals surface area contributed by atoms with Crippen LogP contribution in [-0.4, -0.2) is 17.7 Å². The number of aromatic nitrogens is 1.